The maximum Gasteiger partial charge on any atom is 0.321 e. The first-order valence-corrected chi connectivity index (χ1v) is 5.42. The van der Waals surface area contributed by atoms with E-state index in [0.717, 1.165) is 5.56 Å². The second-order valence-electron chi connectivity index (χ2n) is 2.83. The molecule has 0 saturated heterocycles. The Morgan fingerprint density at radius 2 is 2.36 bits per heavy atom. The summed E-state index contributed by atoms with van der Waals surface area (Å²) < 4.78 is 2.70. The van der Waals surface area contributed by atoms with Crippen LogP contribution in [-0.4, -0.2) is 17.1 Å². The molecule has 1 rings (SSSR count). The number of aliphatic carboxylic acids is 1. The third-order valence-corrected chi connectivity index (χ3v) is 2.75. The monoisotopic (exact) mass is 325 g/mol. The minimum absolute atomic E-state index is 0.429. The van der Waals surface area contributed by atoms with Crippen LogP contribution < -0.4 is 3.53 Å². The molecule has 0 aliphatic heterocycles. The number of carboxylic acids is 1. The van der Waals surface area contributed by atoms with Gasteiger partial charge in [0.1, 0.15) is 6.04 Å². The molecule has 0 aromatic heterocycles. The van der Waals surface area contributed by atoms with Crippen LogP contribution in [0.4, 0.5) is 0 Å². The predicted octanol–water partition coefficient (Wildman–Crippen LogP) is 2.28. The summed E-state index contributed by atoms with van der Waals surface area (Å²) in [5, 5.41) is 9.43. The van der Waals surface area contributed by atoms with Crippen LogP contribution in [0.5, 0.6) is 0 Å². The average Bonchev–Trinajstić information content (AvgIpc) is 2.14. The predicted molar refractivity (Wildman–Crippen MR) is 63.7 cm³/mol. The third-order valence-electron chi connectivity index (χ3n) is 1.76. The van der Waals surface area contributed by atoms with Crippen molar-refractivity contribution in [2.45, 2.75) is 12.5 Å². The Balaban J connectivity index is 2.72. The summed E-state index contributed by atoms with van der Waals surface area (Å²) in [6, 6.07) is 6.62. The topological polar surface area (TPSA) is 49.3 Å². The van der Waals surface area contributed by atoms with Gasteiger partial charge in [-0.3, -0.25) is 4.79 Å². The molecule has 2 N–H and O–H groups in total. The van der Waals surface area contributed by atoms with Gasteiger partial charge in [-0.05, 0) is 24.1 Å². The van der Waals surface area contributed by atoms with E-state index in [4.69, 9.17) is 16.7 Å². The van der Waals surface area contributed by atoms with E-state index in [1.54, 1.807) is 12.1 Å². The second kappa shape index (κ2) is 5.53. The molecule has 1 aromatic carbocycles. The average molecular weight is 326 g/mol. The van der Waals surface area contributed by atoms with E-state index in [-0.39, 0.29) is 0 Å². The van der Waals surface area contributed by atoms with Crippen molar-refractivity contribution < 1.29 is 9.90 Å². The van der Waals surface area contributed by atoms with Crippen molar-refractivity contribution in [2.75, 3.05) is 0 Å². The number of hydrogen-bond acceptors (Lipinski definition) is 2. The molecule has 0 unspecified atom stereocenters. The van der Waals surface area contributed by atoms with Crippen LogP contribution >= 0.6 is 34.5 Å². The van der Waals surface area contributed by atoms with Gasteiger partial charge in [0.15, 0.2) is 0 Å². The molecule has 76 valence electrons. The molecule has 3 nitrogen and oxygen atoms in total. The lowest BCUT2D eigenvalue weighted by molar-refractivity contribution is -0.138. The van der Waals surface area contributed by atoms with Crippen LogP contribution in [0.3, 0.4) is 0 Å². The van der Waals surface area contributed by atoms with Crippen molar-refractivity contribution in [2.24, 2.45) is 0 Å². The van der Waals surface area contributed by atoms with E-state index in [1.165, 1.54) is 0 Å². The molecule has 0 bridgehead atoms. The highest BCUT2D eigenvalue weighted by molar-refractivity contribution is 14.1. The highest BCUT2D eigenvalue weighted by Crippen LogP contribution is 2.12. The minimum Gasteiger partial charge on any atom is -0.480 e. The summed E-state index contributed by atoms with van der Waals surface area (Å²) in [7, 11) is 0. The van der Waals surface area contributed by atoms with Crippen LogP contribution in [0.1, 0.15) is 5.56 Å². The molecule has 0 spiro atoms. The summed E-state index contributed by atoms with van der Waals surface area (Å²) in [4.78, 5) is 10.7. The quantitative estimate of drug-likeness (QED) is 0.659. The molecule has 0 aliphatic rings. The number of carbonyl (C=O) groups is 1. The SMILES string of the molecule is O=C(O)[C@@H](Cc1cccc(Cl)c1)NI. The Kier molecular flexibility index (Phi) is 4.64. The van der Waals surface area contributed by atoms with Crippen molar-refractivity contribution >= 4 is 40.4 Å². The Bertz CT molecular complexity index is 332. The number of nitrogens with one attached hydrogen (secondary N) is 1. The van der Waals surface area contributed by atoms with E-state index >= 15 is 0 Å². The van der Waals surface area contributed by atoms with E-state index in [2.05, 4.69) is 3.53 Å². The third kappa shape index (κ3) is 3.43. The van der Waals surface area contributed by atoms with Gasteiger partial charge in [-0.1, -0.05) is 23.7 Å². The molecule has 0 heterocycles. The van der Waals surface area contributed by atoms with Crippen LogP contribution in [-0.2, 0) is 11.2 Å². The van der Waals surface area contributed by atoms with Crippen molar-refractivity contribution in [1.29, 1.82) is 0 Å². The fourth-order valence-corrected chi connectivity index (χ4v) is 1.77. The molecule has 5 heteroatoms. The fraction of sp³-hybridized carbons (Fsp3) is 0.222. The lowest BCUT2D eigenvalue weighted by Crippen LogP contribution is -2.32. The summed E-state index contributed by atoms with van der Waals surface area (Å²) in [5.74, 6) is -0.862. The Morgan fingerprint density at radius 3 is 2.86 bits per heavy atom. The maximum absolute atomic E-state index is 10.7. The molecule has 0 radical (unpaired) electrons. The van der Waals surface area contributed by atoms with E-state index < -0.39 is 12.0 Å². The zero-order valence-electron chi connectivity index (χ0n) is 7.21. The number of carboxylic acid groups (broad SMARTS) is 1. The van der Waals surface area contributed by atoms with E-state index in [9.17, 15) is 4.79 Å². The first-order chi connectivity index (χ1) is 6.63. The molecular weight excluding hydrogens is 316 g/mol. The highest BCUT2D eigenvalue weighted by atomic mass is 127. The van der Waals surface area contributed by atoms with Gasteiger partial charge in [0.25, 0.3) is 0 Å². The molecule has 1 aromatic rings. The second-order valence-corrected chi connectivity index (χ2v) is 3.89. The first-order valence-electron chi connectivity index (χ1n) is 3.97. The summed E-state index contributed by atoms with van der Waals surface area (Å²) >= 11 is 7.62. The van der Waals surface area contributed by atoms with Crippen LogP contribution in [0.2, 0.25) is 5.02 Å². The Labute approximate surface area is 101 Å². The van der Waals surface area contributed by atoms with Crippen molar-refractivity contribution in [1.82, 2.24) is 3.53 Å². The van der Waals surface area contributed by atoms with Gasteiger partial charge < -0.3 is 5.11 Å². The zero-order valence-corrected chi connectivity index (χ0v) is 10.1. The number of benzene rings is 1. The largest absolute Gasteiger partial charge is 0.480 e. The van der Waals surface area contributed by atoms with Gasteiger partial charge in [0, 0.05) is 27.9 Å². The van der Waals surface area contributed by atoms with Gasteiger partial charge >= 0.3 is 5.97 Å². The molecular formula is C9H9ClINO2. The van der Waals surface area contributed by atoms with E-state index in [1.807, 2.05) is 35.0 Å². The molecule has 1 atom stereocenters. The molecule has 0 saturated carbocycles. The lowest BCUT2D eigenvalue weighted by Gasteiger charge is -2.09. The van der Waals surface area contributed by atoms with E-state index in [0.29, 0.717) is 11.4 Å². The Morgan fingerprint density at radius 1 is 1.64 bits per heavy atom. The maximum atomic E-state index is 10.7. The molecule has 0 fully saturated rings. The summed E-state index contributed by atoms with van der Waals surface area (Å²) in [6.45, 7) is 0. The van der Waals surface area contributed by atoms with Gasteiger partial charge in [0.05, 0.1) is 0 Å². The van der Waals surface area contributed by atoms with Crippen LogP contribution in [0, 0.1) is 0 Å². The van der Waals surface area contributed by atoms with Gasteiger partial charge in [-0.2, -0.15) is 0 Å². The van der Waals surface area contributed by atoms with Crippen molar-refractivity contribution in [3.63, 3.8) is 0 Å². The number of rotatable bonds is 4. The van der Waals surface area contributed by atoms with Crippen LogP contribution in [0.15, 0.2) is 24.3 Å². The lowest BCUT2D eigenvalue weighted by atomic mass is 10.1. The number of hydrogen-bond donors (Lipinski definition) is 2. The summed E-state index contributed by atoms with van der Waals surface area (Å²) in [5.41, 5.74) is 0.911. The molecule has 0 amide bonds. The first kappa shape index (κ1) is 11.7. The molecule has 0 aliphatic carbocycles. The standard InChI is InChI=1S/C9H9ClINO2/c10-7-3-1-2-6(4-7)5-8(12-11)9(13)14/h1-4,8,12H,5H2,(H,13,14)/t8-/m1/s1. The normalized spacial score (nSPS) is 12.4. The van der Waals surface area contributed by atoms with Crippen LogP contribution in [0.25, 0.3) is 0 Å². The van der Waals surface area contributed by atoms with Crippen molar-refractivity contribution in [3.05, 3.63) is 34.9 Å². The summed E-state index contributed by atoms with van der Waals surface area (Å²) in [6.07, 6.45) is 0.429. The smallest absolute Gasteiger partial charge is 0.321 e. The van der Waals surface area contributed by atoms with Gasteiger partial charge in [-0.15, -0.1) is 0 Å². The van der Waals surface area contributed by atoms with Gasteiger partial charge in [-0.25, -0.2) is 3.53 Å². The van der Waals surface area contributed by atoms with Gasteiger partial charge in [0.2, 0.25) is 0 Å². The fourth-order valence-electron chi connectivity index (χ4n) is 1.07. The highest BCUT2D eigenvalue weighted by Gasteiger charge is 2.15. The Hall–Kier alpha value is -0.330. The van der Waals surface area contributed by atoms with Crippen molar-refractivity contribution in [3.8, 4) is 0 Å². The number of halogens is 2. The zero-order chi connectivity index (χ0) is 10.6. The minimum atomic E-state index is -0.862. The molecule has 14 heavy (non-hydrogen) atoms.